The molecule has 0 heterocycles. The summed E-state index contributed by atoms with van der Waals surface area (Å²) in [6.45, 7) is 4.95. The quantitative estimate of drug-likeness (QED) is 0.0320. The van der Waals surface area contributed by atoms with Crippen LogP contribution in [0.15, 0.2) is 12.2 Å². The Hall–Kier alpha value is -1.40. The zero-order chi connectivity index (χ0) is 55.7. The van der Waals surface area contributed by atoms with E-state index in [9.17, 15) is 19.8 Å². The molecule has 3 N–H and O–H groups in total. The van der Waals surface area contributed by atoms with Crippen LogP contribution in [0, 0.1) is 0 Å². The minimum atomic E-state index is -0.846. The summed E-state index contributed by atoms with van der Waals surface area (Å²) in [4.78, 5) is 24.6. The van der Waals surface area contributed by atoms with Gasteiger partial charge in [-0.2, -0.15) is 0 Å². The van der Waals surface area contributed by atoms with Crippen LogP contribution in [-0.4, -0.2) is 47.4 Å². The molecule has 0 rings (SSSR count). The van der Waals surface area contributed by atoms with Gasteiger partial charge in [0.25, 0.3) is 0 Å². The van der Waals surface area contributed by atoms with Crippen molar-refractivity contribution in [2.24, 2.45) is 0 Å². The molecule has 0 aliphatic heterocycles. The van der Waals surface area contributed by atoms with Gasteiger partial charge in [0.05, 0.1) is 25.4 Å². The Morgan fingerprint density at radius 1 is 0.351 bits per heavy atom. The fraction of sp³-hybridized carbons (Fsp3) is 0.944. The van der Waals surface area contributed by atoms with Gasteiger partial charge in [0, 0.05) is 12.8 Å². The molecule has 0 bridgehead atoms. The van der Waals surface area contributed by atoms with Crippen molar-refractivity contribution in [3.63, 3.8) is 0 Å². The van der Waals surface area contributed by atoms with E-state index in [0.29, 0.717) is 19.4 Å². The van der Waals surface area contributed by atoms with E-state index in [1.807, 2.05) is 6.08 Å². The molecule has 2 unspecified atom stereocenters. The Balaban J connectivity index is 3.39. The van der Waals surface area contributed by atoms with E-state index >= 15 is 0 Å². The zero-order valence-corrected chi connectivity index (χ0v) is 52.5. The van der Waals surface area contributed by atoms with Crippen molar-refractivity contribution < 1.29 is 24.5 Å². The van der Waals surface area contributed by atoms with Crippen LogP contribution >= 0.6 is 0 Å². The van der Waals surface area contributed by atoms with Gasteiger partial charge >= 0.3 is 5.97 Å². The summed E-state index contributed by atoms with van der Waals surface area (Å²) in [7, 11) is 0. The second-order valence-electron chi connectivity index (χ2n) is 24.6. The van der Waals surface area contributed by atoms with Crippen molar-refractivity contribution >= 4 is 11.9 Å². The molecule has 77 heavy (non-hydrogen) atoms. The van der Waals surface area contributed by atoms with Crippen LogP contribution in [0.2, 0.25) is 0 Å². The summed E-state index contributed by atoms with van der Waals surface area (Å²) in [6, 6.07) is -0.630. The molecule has 0 aliphatic rings. The summed E-state index contributed by atoms with van der Waals surface area (Å²) in [5, 5.41) is 23.2. The highest BCUT2D eigenvalue weighted by molar-refractivity contribution is 5.76. The van der Waals surface area contributed by atoms with E-state index < -0.39 is 12.1 Å². The number of esters is 1. The number of hydrogen-bond acceptors (Lipinski definition) is 5. The Morgan fingerprint density at radius 2 is 0.597 bits per heavy atom. The Labute approximate surface area is 482 Å². The first-order valence-electron chi connectivity index (χ1n) is 35.5. The lowest BCUT2D eigenvalue weighted by atomic mass is 10.0. The minimum absolute atomic E-state index is 0.0160. The number of carbonyl (C=O) groups is 2. The van der Waals surface area contributed by atoms with Crippen LogP contribution in [0.3, 0.4) is 0 Å². The van der Waals surface area contributed by atoms with Crippen molar-refractivity contribution in [3.8, 4) is 0 Å². The number of hydrogen-bond donors (Lipinski definition) is 3. The van der Waals surface area contributed by atoms with Crippen molar-refractivity contribution in [3.05, 3.63) is 12.2 Å². The van der Waals surface area contributed by atoms with Crippen LogP contribution < -0.4 is 5.32 Å². The molecule has 0 fully saturated rings. The SMILES string of the molecule is CCCCCCCCCCCCCCCCCCCCC/C=C/C(O)C(CO)NC(=O)CCCCCCCCCCCCCCCCCCCCCCOC(=O)CCCCCCCCCCCCCCCCCCCCC. The zero-order valence-electron chi connectivity index (χ0n) is 52.5. The Kier molecular flexibility index (Phi) is 65.9. The van der Waals surface area contributed by atoms with Crippen LogP contribution in [0.4, 0.5) is 0 Å². The molecule has 0 saturated heterocycles. The van der Waals surface area contributed by atoms with Crippen LogP contribution in [0.1, 0.15) is 406 Å². The summed E-state index contributed by atoms with van der Waals surface area (Å²) in [5.41, 5.74) is 0. The first-order chi connectivity index (χ1) is 38.0. The van der Waals surface area contributed by atoms with Crippen LogP contribution in [-0.2, 0) is 14.3 Å². The average Bonchev–Trinajstić information content (AvgIpc) is 3.43. The van der Waals surface area contributed by atoms with E-state index in [0.717, 1.165) is 38.5 Å². The number of ether oxygens (including phenoxy) is 1. The Morgan fingerprint density at radius 3 is 0.883 bits per heavy atom. The van der Waals surface area contributed by atoms with Crippen molar-refractivity contribution in [1.82, 2.24) is 5.32 Å². The molecule has 6 nitrogen and oxygen atoms in total. The van der Waals surface area contributed by atoms with Gasteiger partial charge in [-0.15, -0.1) is 0 Å². The first kappa shape index (κ1) is 75.6. The topological polar surface area (TPSA) is 95.9 Å². The number of amides is 1. The van der Waals surface area contributed by atoms with E-state index in [1.165, 1.54) is 340 Å². The van der Waals surface area contributed by atoms with Gasteiger partial charge in [0.2, 0.25) is 5.91 Å². The molecule has 0 radical (unpaired) electrons. The maximum Gasteiger partial charge on any atom is 0.305 e. The van der Waals surface area contributed by atoms with E-state index in [-0.39, 0.29) is 18.5 Å². The van der Waals surface area contributed by atoms with Gasteiger partial charge in [0.1, 0.15) is 0 Å². The maximum absolute atomic E-state index is 12.5. The van der Waals surface area contributed by atoms with Gasteiger partial charge in [0.15, 0.2) is 0 Å². The number of allylic oxidation sites excluding steroid dienone is 1. The fourth-order valence-corrected chi connectivity index (χ4v) is 11.4. The van der Waals surface area contributed by atoms with Gasteiger partial charge < -0.3 is 20.3 Å². The smallest absolute Gasteiger partial charge is 0.305 e. The molecular formula is C71H139NO5. The predicted molar refractivity (Wildman–Crippen MR) is 338 cm³/mol. The molecular weight excluding hydrogens is 947 g/mol. The number of unbranched alkanes of at least 4 members (excludes halogenated alkanes) is 56. The molecule has 0 aromatic rings. The van der Waals surface area contributed by atoms with Crippen LogP contribution in [0.5, 0.6) is 0 Å². The monoisotopic (exact) mass is 1090 g/mol. The second kappa shape index (κ2) is 67.1. The molecule has 6 heteroatoms. The summed E-state index contributed by atoms with van der Waals surface area (Å²) in [5.74, 6) is -0.0491. The summed E-state index contributed by atoms with van der Waals surface area (Å²) in [6.07, 6.45) is 82.8. The summed E-state index contributed by atoms with van der Waals surface area (Å²) >= 11 is 0. The third-order valence-electron chi connectivity index (χ3n) is 16.8. The highest BCUT2D eigenvalue weighted by Gasteiger charge is 2.18. The molecule has 0 aromatic heterocycles. The molecule has 2 atom stereocenters. The summed E-state index contributed by atoms with van der Waals surface area (Å²) < 4.78 is 5.51. The van der Waals surface area contributed by atoms with Gasteiger partial charge in [-0.05, 0) is 32.1 Å². The third-order valence-corrected chi connectivity index (χ3v) is 16.8. The number of rotatable bonds is 67. The molecule has 0 saturated carbocycles. The lowest BCUT2D eigenvalue weighted by Crippen LogP contribution is -2.45. The average molecular weight is 1090 g/mol. The highest BCUT2D eigenvalue weighted by atomic mass is 16.5. The normalized spacial score (nSPS) is 12.5. The van der Waals surface area contributed by atoms with Crippen molar-refractivity contribution in [2.75, 3.05) is 13.2 Å². The van der Waals surface area contributed by atoms with Gasteiger partial charge in [-0.1, -0.05) is 373 Å². The highest BCUT2D eigenvalue weighted by Crippen LogP contribution is 2.19. The Bertz CT molecular complexity index is 1160. The predicted octanol–water partition coefficient (Wildman–Crippen LogP) is 22.8. The third kappa shape index (κ3) is 63.6. The molecule has 458 valence electrons. The number of aliphatic hydroxyl groups excluding tert-OH is 2. The second-order valence-corrected chi connectivity index (χ2v) is 24.6. The molecule has 0 spiro atoms. The van der Waals surface area contributed by atoms with E-state index in [2.05, 4.69) is 19.2 Å². The molecule has 1 amide bonds. The van der Waals surface area contributed by atoms with Gasteiger partial charge in [-0.3, -0.25) is 9.59 Å². The van der Waals surface area contributed by atoms with Crippen molar-refractivity contribution in [2.45, 2.75) is 418 Å². The van der Waals surface area contributed by atoms with Crippen molar-refractivity contribution in [1.29, 1.82) is 0 Å². The molecule has 0 aromatic carbocycles. The number of carbonyl (C=O) groups excluding carboxylic acids is 2. The molecule has 0 aliphatic carbocycles. The lowest BCUT2D eigenvalue weighted by Gasteiger charge is -2.20. The van der Waals surface area contributed by atoms with Crippen LogP contribution in [0.25, 0.3) is 0 Å². The largest absolute Gasteiger partial charge is 0.466 e. The lowest BCUT2D eigenvalue weighted by molar-refractivity contribution is -0.143. The van der Waals surface area contributed by atoms with E-state index in [4.69, 9.17) is 4.74 Å². The maximum atomic E-state index is 12.5. The fourth-order valence-electron chi connectivity index (χ4n) is 11.4. The first-order valence-corrected chi connectivity index (χ1v) is 35.5. The standard InChI is InChI=1S/C71H139NO5/c1-3-5-7-9-11-13-15-17-19-21-23-24-28-31-35-39-43-47-51-55-59-63-69(74)68(67-73)72-70(75)64-60-56-52-48-44-40-36-32-29-25-26-30-34-38-42-46-50-54-58-62-66-77-71(76)65-61-57-53-49-45-41-37-33-27-22-20-18-16-14-12-10-8-6-4-2/h59,63,68-69,73-74H,3-58,60-62,64-67H2,1-2H3,(H,72,75)/b63-59+. The van der Waals surface area contributed by atoms with E-state index in [1.54, 1.807) is 6.08 Å². The number of nitrogens with one attached hydrogen (secondary N) is 1. The van der Waals surface area contributed by atoms with Gasteiger partial charge in [-0.25, -0.2) is 0 Å². The minimum Gasteiger partial charge on any atom is -0.466 e. The number of aliphatic hydroxyl groups is 2.